The van der Waals surface area contributed by atoms with Gasteiger partial charge in [0.2, 0.25) is 0 Å². The van der Waals surface area contributed by atoms with Crippen LogP contribution in [0.15, 0.2) is 0 Å². The minimum Gasteiger partial charge on any atom is -0.511 e. The molecule has 0 amide bonds. The van der Waals surface area contributed by atoms with Gasteiger partial charge in [-0.3, -0.25) is 4.46 Å². The van der Waals surface area contributed by atoms with Crippen molar-refractivity contribution in [3.05, 3.63) is 0 Å². The van der Waals surface area contributed by atoms with Gasteiger partial charge in [-0.15, -0.1) is 0 Å². The Hall–Kier alpha value is 2.05. The number of hydrogen-bond acceptors (Lipinski definition) is 2. The van der Waals surface area contributed by atoms with E-state index in [-0.39, 0.29) is 80.6 Å². The maximum atomic E-state index is 8.88. The van der Waals surface area contributed by atoms with E-state index >= 15 is 0 Å². The molecular weight excluding hydrogens is 292 g/mol. The first kappa shape index (κ1) is 44.4. The van der Waals surface area contributed by atoms with Gasteiger partial charge in [0.25, 0.3) is 0 Å². The summed E-state index contributed by atoms with van der Waals surface area (Å²) in [7, 11) is -7.77. The third-order valence-electron chi connectivity index (χ3n) is 0. The highest BCUT2D eigenvalue weighted by atomic mass is 31.2. The molecule has 0 saturated carbocycles. The minimum atomic E-state index is -4.64. The highest BCUT2D eigenvalue weighted by molar-refractivity contribution is 7.45. The molecule has 0 bridgehead atoms. The highest BCUT2D eigenvalue weighted by Gasteiger charge is 2.00. The van der Waals surface area contributed by atoms with Crippen LogP contribution in [0.5, 0.6) is 0 Å². The molecule has 0 radical (unpaired) electrons. The van der Waals surface area contributed by atoms with E-state index in [2.05, 4.69) is 0 Å². The fourth-order valence-corrected chi connectivity index (χ4v) is 0. The molecule has 0 atom stereocenters. The quantitative estimate of drug-likeness (QED) is 0.219. The summed E-state index contributed by atoms with van der Waals surface area (Å²) in [5.41, 5.74) is 0. The Balaban J connectivity index is -0.0000000104. The first-order chi connectivity index (χ1) is 3.73. The van der Waals surface area contributed by atoms with Crippen molar-refractivity contribution < 1.29 is 38.8 Å². The Kier molecular flexibility index (Phi) is 77.1. The fraction of sp³-hybridized carbons (Fsp3) is 0. The van der Waals surface area contributed by atoms with Gasteiger partial charge in [0.15, 0.2) is 52.1 Å². The molecule has 0 aromatic carbocycles. The van der Waals surface area contributed by atoms with Gasteiger partial charge in [-0.2, -0.15) is 0 Å². The fourth-order valence-electron chi connectivity index (χ4n) is 0. The van der Waals surface area contributed by atoms with Crippen molar-refractivity contribution in [1.82, 2.24) is 0 Å². The highest BCUT2D eigenvalue weighted by Crippen LogP contribution is 2.25. The average Bonchev–Trinajstić information content (AvgIpc) is 1.19. The van der Waals surface area contributed by atoms with Crippen molar-refractivity contribution >= 4 is 92.1 Å². The van der Waals surface area contributed by atoms with Crippen LogP contribution in [-0.2, 0) is 9.03 Å². The molecule has 0 unspecified atom stereocenters. The first-order valence-corrected chi connectivity index (χ1v) is 4.30. The molecule has 0 heterocycles. The molecule has 0 aromatic heterocycles. The predicted molar refractivity (Wildman–Crippen MR) is 67.1 cm³/mol. The molecule has 0 aliphatic heterocycles. The van der Waals surface area contributed by atoms with Crippen molar-refractivity contribution in [3.63, 3.8) is 0 Å². The summed E-state index contributed by atoms with van der Waals surface area (Å²) in [5.74, 6) is 0. The van der Waals surface area contributed by atoms with Gasteiger partial charge in [-0.25, -0.2) is 4.57 Å². The monoisotopic (exact) mass is 310 g/mol. The van der Waals surface area contributed by atoms with E-state index in [1.807, 2.05) is 0 Å². The number of phosphoric acid groups is 1. The maximum absolute atomic E-state index is 8.88. The van der Waals surface area contributed by atoms with Crippen molar-refractivity contribution in [2.24, 2.45) is 0 Å². The maximum Gasteiger partial charge on any atom is 0.761 e. The van der Waals surface area contributed by atoms with Crippen LogP contribution in [0.4, 0.5) is 0 Å². The lowest BCUT2D eigenvalue weighted by molar-refractivity contribution is 0.275. The second kappa shape index (κ2) is 24.3. The van der Waals surface area contributed by atoms with Crippen LogP contribution in [-0.4, -0.2) is 114 Å². The molecule has 14 heteroatoms. The zero-order valence-electron chi connectivity index (χ0n) is 4.50. The van der Waals surface area contributed by atoms with Crippen molar-refractivity contribution in [1.29, 1.82) is 0 Å². The standard InChI is InChI=1S/3Al.Mg.H3O4P.H2O3Si.H2O.11H/c;;;;1-5(2,3)4;1-4(2)3;;;;;;;;;;;;/h;;;;(H3,1,2,3,4);1-2H;1H2;;;;;;;;;;;. The summed E-state index contributed by atoms with van der Waals surface area (Å²) in [5, 5.41) is 0. The largest absolute Gasteiger partial charge is 0.761 e. The molecular formula is H18Al3MgO8PSi. The summed E-state index contributed by atoms with van der Waals surface area (Å²) in [4.78, 5) is 35.9. The van der Waals surface area contributed by atoms with Crippen molar-refractivity contribution in [3.8, 4) is 0 Å². The van der Waals surface area contributed by atoms with Gasteiger partial charge in [0, 0.05) is 0 Å². The van der Waals surface area contributed by atoms with Gasteiger partial charge in [0.05, 0.1) is 0 Å². The molecule has 14 heavy (non-hydrogen) atoms. The Morgan fingerprint density at radius 1 is 0.929 bits per heavy atom. The molecule has 0 spiro atoms. The Labute approximate surface area is 130 Å². The first-order valence-electron chi connectivity index (χ1n) is 1.43. The van der Waals surface area contributed by atoms with Crippen LogP contribution in [0.3, 0.4) is 0 Å². The lowest BCUT2D eigenvalue weighted by atomic mass is 15.8. The Morgan fingerprint density at radius 3 is 0.929 bits per heavy atom. The van der Waals surface area contributed by atoms with Gasteiger partial charge in [-0.05, 0) is 0 Å². The zero-order valence-corrected chi connectivity index (χ0v) is 6.39. The van der Waals surface area contributed by atoms with Gasteiger partial charge in [-0.1, -0.05) is 0 Å². The lowest BCUT2D eigenvalue weighted by Crippen LogP contribution is -1.90. The normalized spacial score (nSPS) is 5.93. The molecule has 7 N–H and O–H groups in total. The molecule has 86 valence electrons. The summed E-state index contributed by atoms with van der Waals surface area (Å²) in [6.45, 7) is 0. The zero-order chi connectivity index (χ0) is 8.08. The SMILES string of the molecule is O.O=P(O)(O)O.O=[Si](O)O.[AlH3].[AlH3].[AlH3].[MgH2]. The van der Waals surface area contributed by atoms with E-state index in [1.165, 1.54) is 0 Å². The molecule has 8 nitrogen and oxygen atoms in total. The molecule has 0 aliphatic carbocycles. The summed E-state index contributed by atoms with van der Waals surface area (Å²) in [6, 6.07) is 0. The van der Waals surface area contributed by atoms with E-state index in [0.29, 0.717) is 0 Å². The Morgan fingerprint density at radius 2 is 0.929 bits per heavy atom. The molecule has 0 saturated heterocycles. The van der Waals surface area contributed by atoms with Crippen molar-refractivity contribution in [2.45, 2.75) is 0 Å². The van der Waals surface area contributed by atoms with Gasteiger partial charge < -0.3 is 29.7 Å². The van der Waals surface area contributed by atoms with Crippen molar-refractivity contribution in [2.75, 3.05) is 0 Å². The molecule has 0 fully saturated rings. The predicted octanol–water partition coefficient (Wildman–Crippen LogP) is -7.83. The van der Waals surface area contributed by atoms with E-state index in [1.54, 1.807) is 0 Å². The van der Waals surface area contributed by atoms with E-state index in [0.717, 1.165) is 0 Å². The Bertz CT molecular complexity index is 124. The third-order valence-corrected chi connectivity index (χ3v) is 0. The lowest BCUT2D eigenvalue weighted by Gasteiger charge is -1.82. The average molecular weight is 310 g/mol. The van der Waals surface area contributed by atoms with E-state index < -0.39 is 17.0 Å². The second-order valence-electron chi connectivity index (χ2n) is 0.796. The molecule has 0 rings (SSSR count). The molecule has 0 aliphatic rings. The summed E-state index contributed by atoms with van der Waals surface area (Å²) < 4.78 is 17.6. The molecule has 0 aromatic rings. The number of rotatable bonds is 0. The minimum absolute atomic E-state index is 0. The second-order valence-corrected chi connectivity index (χ2v) is 2.39. The van der Waals surface area contributed by atoms with Crippen LogP contribution in [0, 0.1) is 0 Å². The third kappa shape index (κ3) is 569. The smallest absolute Gasteiger partial charge is 0.511 e. The van der Waals surface area contributed by atoms with Crippen LogP contribution < -0.4 is 0 Å². The summed E-state index contributed by atoms with van der Waals surface area (Å²) in [6.07, 6.45) is 0. The van der Waals surface area contributed by atoms with Gasteiger partial charge in [0.1, 0.15) is 0 Å². The van der Waals surface area contributed by atoms with E-state index in [9.17, 15) is 0 Å². The van der Waals surface area contributed by atoms with Crippen LogP contribution >= 0.6 is 7.82 Å². The summed E-state index contributed by atoms with van der Waals surface area (Å²) >= 11 is 0. The van der Waals surface area contributed by atoms with Crippen LogP contribution in [0.25, 0.3) is 0 Å². The van der Waals surface area contributed by atoms with Crippen LogP contribution in [0.2, 0.25) is 0 Å². The van der Waals surface area contributed by atoms with Crippen LogP contribution in [0.1, 0.15) is 0 Å². The van der Waals surface area contributed by atoms with E-state index in [4.69, 9.17) is 33.3 Å². The van der Waals surface area contributed by atoms with Gasteiger partial charge >= 0.3 is 40.0 Å². The topological polar surface area (TPSA) is 167 Å². The number of hydrogen-bond donors (Lipinski definition) is 5.